The lowest BCUT2D eigenvalue weighted by Crippen LogP contribution is -2.40. The van der Waals surface area contributed by atoms with Crippen molar-refractivity contribution >= 4 is 22.7 Å². The van der Waals surface area contributed by atoms with Crippen molar-refractivity contribution < 1.29 is 29.6 Å². The highest BCUT2D eigenvalue weighted by molar-refractivity contribution is 5.87. The zero-order valence-electron chi connectivity index (χ0n) is 11.8. The SMILES string of the molecule is C[C@@H](OC(=O)C(O)C(O)C(=O)O)c1cccc2ccccc12. The predicted octanol–water partition coefficient (Wildman–Crippen LogP) is 1.25. The largest absolute Gasteiger partial charge is 0.479 e. The predicted molar refractivity (Wildman–Crippen MR) is 78.1 cm³/mol. The van der Waals surface area contributed by atoms with Crippen LogP contribution in [0.15, 0.2) is 42.5 Å². The van der Waals surface area contributed by atoms with Crippen LogP contribution >= 0.6 is 0 Å². The van der Waals surface area contributed by atoms with Crippen LogP contribution in [0.4, 0.5) is 0 Å². The molecule has 0 heterocycles. The normalized spacial score (nSPS) is 15.0. The molecule has 0 saturated carbocycles. The van der Waals surface area contributed by atoms with Crippen molar-refractivity contribution in [1.29, 1.82) is 0 Å². The molecule has 22 heavy (non-hydrogen) atoms. The van der Waals surface area contributed by atoms with E-state index in [2.05, 4.69) is 0 Å². The molecule has 0 amide bonds. The lowest BCUT2D eigenvalue weighted by atomic mass is 10.0. The number of benzene rings is 2. The Labute approximate surface area is 126 Å². The second-order valence-corrected chi connectivity index (χ2v) is 4.88. The molecule has 0 saturated heterocycles. The van der Waals surface area contributed by atoms with Gasteiger partial charge in [0.2, 0.25) is 0 Å². The van der Waals surface area contributed by atoms with E-state index in [0.29, 0.717) is 0 Å². The summed E-state index contributed by atoms with van der Waals surface area (Å²) in [5.41, 5.74) is 0.725. The fraction of sp³-hybridized carbons (Fsp3) is 0.250. The molecule has 0 spiro atoms. The molecule has 116 valence electrons. The monoisotopic (exact) mass is 304 g/mol. The first-order valence-corrected chi connectivity index (χ1v) is 6.69. The first-order chi connectivity index (χ1) is 10.4. The van der Waals surface area contributed by atoms with Crippen molar-refractivity contribution in [1.82, 2.24) is 0 Å². The van der Waals surface area contributed by atoms with Crippen LogP contribution in [0.2, 0.25) is 0 Å². The van der Waals surface area contributed by atoms with Gasteiger partial charge < -0.3 is 20.1 Å². The van der Waals surface area contributed by atoms with Gasteiger partial charge in [0.25, 0.3) is 0 Å². The van der Waals surface area contributed by atoms with E-state index in [1.54, 1.807) is 13.0 Å². The van der Waals surface area contributed by atoms with Gasteiger partial charge in [-0.3, -0.25) is 0 Å². The number of aliphatic hydroxyl groups excluding tert-OH is 2. The lowest BCUT2D eigenvalue weighted by molar-refractivity contribution is -0.173. The Kier molecular flexibility index (Phi) is 4.75. The van der Waals surface area contributed by atoms with Crippen molar-refractivity contribution in [2.45, 2.75) is 25.2 Å². The minimum absolute atomic E-state index is 0.700. The van der Waals surface area contributed by atoms with Gasteiger partial charge in [0.1, 0.15) is 6.10 Å². The molecule has 3 atom stereocenters. The number of rotatable bonds is 5. The van der Waals surface area contributed by atoms with Crippen LogP contribution in [0.3, 0.4) is 0 Å². The molecule has 0 aliphatic carbocycles. The van der Waals surface area contributed by atoms with Gasteiger partial charge >= 0.3 is 11.9 Å². The number of aliphatic hydroxyl groups is 2. The summed E-state index contributed by atoms with van der Waals surface area (Å²) >= 11 is 0. The molecular weight excluding hydrogens is 288 g/mol. The number of aliphatic carboxylic acids is 1. The summed E-state index contributed by atoms with van der Waals surface area (Å²) < 4.78 is 5.07. The van der Waals surface area contributed by atoms with E-state index in [1.165, 1.54) is 0 Å². The first kappa shape index (κ1) is 15.9. The number of esters is 1. The van der Waals surface area contributed by atoms with Gasteiger partial charge in [0.05, 0.1) is 0 Å². The van der Waals surface area contributed by atoms with Gasteiger partial charge in [0.15, 0.2) is 12.2 Å². The summed E-state index contributed by atoms with van der Waals surface area (Å²) in [4.78, 5) is 22.3. The van der Waals surface area contributed by atoms with Gasteiger partial charge in [0, 0.05) is 0 Å². The van der Waals surface area contributed by atoms with Crippen LogP contribution in [-0.2, 0) is 14.3 Å². The van der Waals surface area contributed by atoms with Crippen molar-refractivity contribution in [3.05, 3.63) is 48.0 Å². The summed E-state index contributed by atoms with van der Waals surface area (Å²) in [5.74, 6) is -2.88. The standard InChI is InChI=1S/C16H16O6/c1-9(22-16(21)14(18)13(17)15(19)20)11-8-4-6-10-5-2-3-7-12(10)11/h2-9,13-14,17-18H,1H3,(H,19,20)/t9-,13?,14?/m1/s1. The van der Waals surface area contributed by atoms with Crippen LogP contribution in [0.1, 0.15) is 18.6 Å². The van der Waals surface area contributed by atoms with E-state index in [4.69, 9.17) is 9.84 Å². The zero-order valence-corrected chi connectivity index (χ0v) is 11.8. The minimum Gasteiger partial charge on any atom is -0.479 e. The molecular formula is C16H16O6. The molecule has 2 aromatic rings. The minimum atomic E-state index is -2.22. The molecule has 0 aliphatic rings. The van der Waals surface area contributed by atoms with E-state index < -0.39 is 30.3 Å². The Balaban J connectivity index is 2.19. The maximum Gasteiger partial charge on any atom is 0.338 e. The van der Waals surface area contributed by atoms with E-state index in [-0.39, 0.29) is 0 Å². The zero-order chi connectivity index (χ0) is 16.3. The molecule has 6 heteroatoms. The van der Waals surface area contributed by atoms with Crippen LogP contribution < -0.4 is 0 Å². The number of carboxylic acid groups (broad SMARTS) is 1. The number of ether oxygens (including phenoxy) is 1. The molecule has 3 N–H and O–H groups in total. The fourth-order valence-corrected chi connectivity index (χ4v) is 2.18. The van der Waals surface area contributed by atoms with Crippen LogP contribution in [0.25, 0.3) is 10.8 Å². The molecule has 0 fully saturated rings. The molecule has 0 radical (unpaired) electrons. The lowest BCUT2D eigenvalue weighted by Gasteiger charge is -2.19. The molecule has 0 aromatic heterocycles. The Morgan fingerprint density at radius 2 is 1.64 bits per heavy atom. The number of hydrogen-bond donors (Lipinski definition) is 3. The highest BCUT2D eigenvalue weighted by Gasteiger charge is 2.32. The van der Waals surface area contributed by atoms with Crippen molar-refractivity contribution in [2.24, 2.45) is 0 Å². The van der Waals surface area contributed by atoms with Crippen LogP contribution in [-0.4, -0.2) is 39.5 Å². The third-order valence-electron chi connectivity index (χ3n) is 3.35. The number of carbonyl (C=O) groups is 2. The number of fused-ring (bicyclic) bond motifs is 1. The number of carboxylic acids is 1. The van der Waals surface area contributed by atoms with E-state index in [1.807, 2.05) is 36.4 Å². The number of hydrogen-bond acceptors (Lipinski definition) is 5. The third kappa shape index (κ3) is 3.24. The summed E-state index contributed by atoms with van der Waals surface area (Å²) in [6.45, 7) is 1.61. The molecule has 2 aromatic carbocycles. The summed E-state index contributed by atoms with van der Waals surface area (Å²) in [5, 5.41) is 29.1. The van der Waals surface area contributed by atoms with E-state index in [0.717, 1.165) is 16.3 Å². The highest BCUT2D eigenvalue weighted by Crippen LogP contribution is 2.26. The van der Waals surface area contributed by atoms with Gasteiger partial charge in [-0.1, -0.05) is 42.5 Å². The van der Waals surface area contributed by atoms with Crippen LogP contribution in [0.5, 0.6) is 0 Å². The van der Waals surface area contributed by atoms with Crippen molar-refractivity contribution in [2.75, 3.05) is 0 Å². The second kappa shape index (κ2) is 6.55. The van der Waals surface area contributed by atoms with E-state index >= 15 is 0 Å². The number of carbonyl (C=O) groups excluding carboxylic acids is 1. The van der Waals surface area contributed by atoms with Gasteiger partial charge in [-0.05, 0) is 23.3 Å². The fourth-order valence-electron chi connectivity index (χ4n) is 2.18. The average molecular weight is 304 g/mol. The second-order valence-electron chi connectivity index (χ2n) is 4.88. The van der Waals surface area contributed by atoms with Gasteiger partial charge in [-0.2, -0.15) is 0 Å². The molecule has 2 rings (SSSR count). The molecule has 6 nitrogen and oxygen atoms in total. The maximum atomic E-state index is 11.7. The Morgan fingerprint density at radius 3 is 2.32 bits per heavy atom. The smallest absolute Gasteiger partial charge is 0.338 e. The van der Waals surface area contributed by atoms with Crippen molar-refractivity contribution in [3.63, 3.8) is 0 Å². The first-order valence-electron chi connectivity index (χ1n) is 6.69. The summed E-state index contributed by atoms with van der Waals surface area (Å²) in [6.07, 6.45) is -5.05. The van der Waals surface area contributed by atoms with Gasteiger partial charge in [-0.15, -0.1) is 0 Å². The Morgan fingerprint density at radius 1 is 1.00 bits per heavy atom. The Bertz CT molecular complexity index is 691. The summed E-state index contributed by atoms with van der Waals surface area (Å²) in [7, 11) is 0. The molecule has 2 unspecified atom stereocenters. The topological polar surface area (TPSA) is 104 Å². The highest BCUT2D eigenvalue weighted by atomic mass is 16.6. The molecule has 0 bridgehead atoms. The Hall–Kier alpha value is -2.44. The van der Waals surface area contributed by atoms with Crippen LogP contribution in [0, 0.1) is 0 Å². The van der Waals surface area contributed by atoms with E-state index in [9.17, 15) is 19.8 Å². The third-order valence-corrected chi connectivity index (χ3v) is 3.35. The van der Waals surface area contributed by atoms with Gasteiger partial charge in [-0.25, -0.2) is 9.59 Å². The quantitative estimate of drug-likeness (QED) is 0.718. The average Bonchev–Trinajstić information content (AvgIpc) is 2.52. The summed E-state index contributed by atoms with van der Waals surface area (Å²) in [6, 6.07) is 13.0. The molecule has 0 aliphatic heterocycles. The maximum absolute atomic E-state index is 11.7. The van der Waals surface area contributed by atoms with Crippen molar-refractivity contribution in [3.8, 4) is 0 Å².